The summed E-state index contributed by atoms with van der Waals surface area (Å²) in [7, 11) is 0. The SMILES string of the molecule is O=C(Nc1cc(OCCc2cc(NC(=O)c3ccc(-n4ccnc4)nn3)c(-c3nn[nH]n3)cc2F)c(F)cc1C(=O)O)c1ccc(-n2cccc2)nn1. The minimum atomic E-state index is -1.52. The molecule has 18 nitrogen and oxygen atoms in total. The Balaban J connectivity index is 1.07. The van der Waals surface area contributed by atoms with E-state index in [1.165, 1.54) is 24.5 Å². The number of carbonyl (C=O) groups excluding carboxylic acids is 2. The molecule has 53 heavy (non-hydrogen) atoms. The molecule has 2 aromatic carbocycles. The number of H-pyrrole nitrogens is 1. The fraction of sp³-hybridized carbons (Fsp3) is 0.0606. The van der Waals surface area contributed by atoms with Gasteiger partial charge in [0.25, 0.3) is 11.8 Å². The number of halogens is 2. The number of amides is 2. The average Bonchev–Trinajstić information content (AvgIpc) is 3.99. The van der Waals surface area contributed by atoms with Crippen LogP contribution in [0.4, 0.5) is 20.2 Å². The number of anilines is 2. The molecule has 0 fully saturated rings. The second-order valence-electron chi connectivity index (χ2n) is 11.0. The highest BCUT2D eigenvalue weighted by Gasteiger charge is 2.21. The van der Waals surface area contributed by atoms with Gasteiger partial charge < -0.3 is 25.0 Å². The van der Waals surface area contributed by atoms with E-state index in [1.807, 2.05) is 0 Å². The number of rotatable bonds is 12. The molecule has 0 saturated heterocycles. The molecule has 0 aliphatic rings. The van der Waals surface area contributed by atoms with Crippen molar-refractivity contribution in [2.75, 3.05) is 17.2 Å². The van der Waals surface area contributed by atoms with E-state index in [0.29, 0.717) is 17.7 Å². The van der Waals surface area contributed by atoms with Crippen LogP contribution in [-0.2, 0) is 6.42 Å². The van der Waals surface area contributed by atoms with Gasteiger partial charge in [-0.1, -0.05) is 0 Å². The zero-order valence-corrected chi connectivity index (χ0v) is 26.9. The largest absolute Gasteiger partial charge is 0.490 e. The first-order chi connectivity index (χ1) is 25.7. The predicted molar refractivity (Wildman–Crippen MR) is 179 cm³/mol. The number of tetrazole rings is 1. The minimum Gasteiger partial charge on any atom is -0.490 e. The number of hydrogen-bond donors (Lipinski definition) is 4. The summed E-state index contributed by atoms with van der Waals surface area (Å²) in [6, 6.07) is 13.6. The molecule has 0 atom stereocenters. The summed E-state index contributed by atoms with van der Waals surface area (Å²) in [4.78, 5) is 42.0. The summed E-state index contributed by atoms with van der Waals surface area (Å²) < 4.78 is 39.3. The van der Waals surface area contributed by atoms with Crippen molar-refractivity contribution in [1.29, 1.82) is 0 Å². The molecular formula is C33H23F2N13O5. The highest BCUT2D eigenvalue weighted by Crippen LogP contribution is 2.30. The lowest BCUT2D eigenvalue weighted by atomic mass is 10.0. The van der Waals surface area contributed by atoms with Gasteiger partial charge in [-0.3, -0.25) is 14.2 Å². The zero-order valence-electron chi connectivity index (χ0n) is 26.9. The van der Waals surface area contributed by atoms with E-state index in [9.17, 15) is 19.5 Å². The van der Waals surface area contributed by atoms with Crippen molar-refractivity contribution < 1.29 is 33.0 Å². The van der Waals surface area contributed by atoms with Crippen LogP contribution >= 0.6 is 0 Å². The topological polar surface area (TPSA) is 234 Å². The van der Waals surface area contributed by atoms with Crippen LogP contribution in [0.3, 0.4) is 0 Å². The van der Waals surface area contributed by atoms with E-state index in [-0.39, 0.29) is 52.7 Å². The van der Waals surface area contributed by atoms with Gasteiger partial charge in [0.2, 0.25) is 5.82 Å². The van der Waals surface area contributed by atoms with Crippen LogP contribution in [0.15, 0.2) is 91.8 Å². The fourth-order valence-electron chi connectivity index (χ4n) is 5.01. The van der Waals surface area contributed by atoms with E-state index in [4.69, 9.17) is 4.74 Å². The van der Waals surface area contributed by atoms with Gasteiger partial charge in [-0.25, -0.2) is 18.6 Å². The van der Waals surface area contributed by atoms with Crippen molar-refractivity contribution in [3.05, 3.63) is 126 Å². The van der Waals surface area contributed by atoms with Gasteiger partial charge in [-0.15, -0.1) is 30.6 Å². The monoisotopic (exact) mass is 719 g/mol. The number of carboxylic acids is 1. The van der Waals surface area contributed by atoms with E-state index in [0.717, 1.165) is 12.1 Å². The Bertz CT molecular complexity index is 2410. The van der Waals surface area contributed by atoms with Gasteiger partial charge in [-0.05, 0) is 65.4 Å². The van der Waals surface area contributed by atoms with Crippen molar-refractivity contribution >= 4 is 29.2 Å². The summed E-state index contributed by atoms with van der Waals surface area (Å²) >= 11 is 0. The van der Waals surface area contributed by atoms with Gasteiger partial charge in [-0.2, -0.15) is 5.21 Å². The Morgan fingerprint density at radius 3 is 2.09 bits per heavy atom. The normalized spacial score (nSPS) is 10.9. The molecule has 4 N–H and O–H groups in total. The van der Waals surface area contributed by atoms with E-state index in [1.54, 1.807) is 58.2 Å². The molecular weight excluding hydrogens is 696 g/mol. The van der Waals surface area contributed by atoms with Crippen LogP contribution in [0.1, 0.15) is 36.9 Å². The van der Waals surface area contributed by atoms with Gasteiger partial charge in [0.05, 0.1) is 23.5 Å². The number of carboxylic acid groups (broad SMARTS) is 1. The van der Waals surface area contributed by atoms with Gasteiger partial charge in [0.1, 0.15) is 12.1 Å². The van der Waals surface area contributed by atoms with Crippen molar-refractivity contribution in [3.63, 3.8) is 0 Å². The molecule has 7 aromatic rings. The molecule has 0 aliphatic carbocycles. The van der Waals surface area contributed by atoms with Crippen LogP contribution in [0.25, 0.3) is 23.0 Å². The van der Waals surface area contributed by atoms with Gasteiger partial charge >= 0.3 is 5.97 Å². The number of nitrogens with one attached hydrogen (secondary N) is 3. The number of benzene rings is 2. The smallest absolute Gasteiger partial charge is 0.337 e. The molecule has 2 amide bonds. The predicted octanol–water partition coefficient (Wildman–Crippen LogP) is 3.53. The quantitative estimate of drug-likeness (QED) is 0.142. The number of aromatic amines is 1. The number of carbonyl (C=O) groups is 3. The summed E-state index contributed by atoms with van der Waals surface area (Å²) in [6.45, 7) is -0.309. The highest BCUT2D eigenvalue weighted by molar-refractivity contribution is 6.07. The second-order valence-corrected chi connectivity index (χ2v) is 11.0. The number of nitrogens with zero attached hydrogens (tertiary/aromatic N) is 10. The Kier molecular flexibility index (Phi) is 9.29. The van der Waals surface area contributed by atoms with Crippen molar-refractivity contribution in [2.24, 2.45) is 0 Å². The summed E-state index contributed by atoms with van der Waals surface area (Å²) in [5.74, 6) is -4.34. The maximum absolute atomic E-state index is 15.4. The minimum absolute atomic E-state index is 0.0125. The lowest BCUT2D eigenvalue weighted by Gasteiger charge is -2.14. The van der Waals surface area contributed by atoms with E-state index >= 15 is 8.78 Å². The van der Waals surface area contributed by atoms with Crippen LogP contribution < -0.4 is 15.4 Å². The standard InChI is InChI=1S/C33H23F2N13O5/c34-21-14-19(30-43-45-46-44-30)25(37-31(49)24-4-6-29(42-40-24)48-11-8-36-17-48)13-18(21)7-12-53-27-16-26(20(33(51)52)15-22(27)35)38-32(50)23-3-5-28(41-39-23)47-9-1-2-10-47/h1-6,8-11,13-17H,7,12H2,(H,37,49)(H,38,50)(H,51,52)(H,43,44,45,46). The zero-order chi connectivity index (χ0) is 36.9. The Morgan fingerprint density at radius 1 is 0.792 bits per heavy atom. The molecule has 20 heteroatoms. The number of ether oxygens (including phenoxy) is 1. The molecule has 0 saturated carbocycles. The van der Waals surface area contributed by atoms with Crippen LogP contribution in [-0.4, -0.2) is 84.6 Å². The fourth-order valence-corrected chi connectivity index (χ4v) is 5.01. The lowest BCUT2D eigenvalue weighted by molar-refractivity contribution is 0.0697. The summed E-state index contributed by atoms with van der Waals surface area (Å²) in [5, 5.41) is 44.2. The van der Waals surface area contributed by atoms with Crippen molar-refractivity contribution in [3.8, 4) is 28.8 Å². The molecule has 5 aromatic heterocycles. The molecule has 0 bridgehead atoms. The number of aromatic nitrogens is 11. The number of aromatic carboxylic acids is 1. The van der Waals surface area contributed by atoms with Crippen molar-refractivity contribution in [2.45, 2.75) is 6.42 Å². The van der Waals surface area contributed by atoms with Gasteiger partial charge in [0, 0.05) is 42.8 Å². The first-order valence-corrected chi connectivity index (χ1v) is 15.4. The lowest BCUT2D eigenvalue weighted by Crippen LogP contribution is -2.18. The number of imidazole rings is 1. The highest BCUT2D eigenvalue weighted by atomic mass is 19.1. The molecule has 0 aliphatic heterocycles. The summed E-state index contributed by atoms with van der Waals surface area (Å²) in [5.41, 5.74) is -0.776. The molecule has 5 heterocycles. The van der Waals surface area contributed by atoms with Crippen LogP contribution in [0, 0.1) is 11.6 Å². The Labute approximate surface area is 295 Å². The molecule has 0 radical (unpaired) electrons. The third-order valence-electron chi connectivity index (χ3n) is 7.60. The maximum Gasteiger partial charge on any atom is 0.337 e. The van der Waals surface area contributed by atoms with Crippen LogP contribution in [0.5, 0.6) is 5.75 Å². The van der Waals surface area contributed by atoms with Gasteiger partial charge in [0.15, 0.2) is 34.6 Å². The molecule has 0 unspecified atom stereocenters. The second kappa shape index (κ2) is 14.6. The average molecular weight is 720 g/mol. The molecule has 7 rings (SSSR count). The Hall–Kier alpha value is -7.77. The van der Waals surface area contributed by atoms with E-state index < -0.39 is 40.7 Å². The first-order valence-electron chi connectivity index (χ1n) is 15.4. The van der Waals surface area contributed by atoms with Crippen molar-refractivity contribution in [1.82, 2.24) is 55.1 Å². The van der Waals surface area contributed by atoms with Crippen LogP contribution in [0.2, 0.25) is 0 Å². The molecule has 0 spiro atoms. The maximum atomic E-state index is 15.4. The Morgan fingerprint density at radius 2 is 1.49 bits per heavy atom. The number of hydrogen-bond acceptors (Lipinski definition) is 12. The first kappa shape index (κ1) is 33.7. The third kappa shape index (κ3) is 7.40. The van der Waals surface area contributed by atoms with E-state index in [2.05, 4.69) is 56.6 Å². The summed E-state index contributed by atoms with van der Waals surface area (Å²) in [6.07, 6.45) is 8.06. The molecule has 264 valence electrons. The third-order valence-corrected chi connectivity index (χ3v) is 7.60.